The van der Waals surface area contributed by atoms with E-state index in [-0.39, 0.29) is 12.5 Å². The molecule has 84 valence electrons. The second kappa shape index (κ2) is 6.83. The summed E-state index contributed by atoms with van der Waals surface area (Å²) in [4.78, 5) is 0. The molecule has 15 heavy (non-hydrogen) atoms. The van der Waals surface area contributed by atoms with Crippen LogP contribution >= 0.6 is 11.6 Å². The summed E-state index contributed by atoms with van der Waals surface area (Å²) in [5, 5.41) is 10.0. The summed E-state index contributed by atoms with van der Waals surface area (Å²) in [5.74, 6) is 0.0743. The van der Waals surface area contributed by atoms with Crippen molar-refractivity contribution in [1.82, 2.24) is 0 Å². The summed E-state index contributed by atoms with van der Waals surface area (Å²) < 4.78 is 5.27. The van der Waals surface area contributed by atoms with Crippen LogP contribution in [0.4, 0.5) is 0 Å². The molecule has 2 nitrogen and oxygen atoms in total. The Kier molecular flexibility index (Phi) is 5.69. The molecule has 3 heteroatoms. The lowest BCUT2D eigenvalue weighted by molar-refractivity contribution is 0.130. The van der Waals surface area contributed by atoms with Crippen molar-refractivity contribution < 1.29 is 9.84 Å². The number of hydrogen-bond donors (Lipinski definition) is 1. The number of ether oxygens (including phenoxy) is 1. The maximum atomic E-state index is 9.29. The third kappa shape index (κ3) is 3.82. The van der Waals surface area contributed by atoms with Gasteiger partial charge in [-0.15, -0.1) is 0 Å². The highest BCUT2D eigenvalue weighted by molar-refractivity contribution is 6.31. The van der Waals surface area contributed by atoms with Crippen LogP contribution in [0.3, 0.4) is 0 Å². The fourth-order valence-corrected chi connectivity index (χ4v) is 1.81. The van der Waals surface area contributed by atoms with E-state index in [9.17, 15) is 5.11 Å². The maximum absolute atomic E-state index is 9.29. The van der Waals surface area contributed by atoms with E-state index < -0.39 is 0 Å². The SMILES string of the molecule is CCOCCC(CO)c1ccccc1Cl. The molecule has 0 saturated carbocycles. The molecule has 0 aromatic heterocycles. The van der Waals surface area contributed by atoms with Crippen molar-refractivity contribution in [3.8, 4) is 0 Å². The number of rotatable bonds is 6. The van der Waals surface area contributed by atoms with Gasteiger partial charge in [-0.2, -0.15) is 0 Å². The lowest BCUT2D eigenvalue weighted by atomic mass is 9.97. The lowest BCUT2D eigenvalue weighted by Crippen LogP contribution is -2.08. The Morgan fingerprint density at radius 3 is 2.73 bits per heavy atom. The average molecular weight is 229 g/mol. The highest BCUT2D eigenvalue weighted by Gasteiger charge is 2.12. The molecule has 1 atom stereocenters. The second-order valence-corrected chi connectivity index (χ2v) is 3.79. The van der Waals surface area contributed by atoms with Crippen LogP contribution in [-0.4, -0.2) is 24.9 Å². The Hall–Kier alpha value is -0.570. The first kappa shape index (κ1) is 12.5. The van der Waals surface area contributed by atoms with Crippen LogP contribution in [0, 0.1) is 0 Å². The topological polar surface area (TPSA) is 29.5 Å². The Morgan fingerprint density at radius 1 is 1.40 bits per heavy atom. The van der Waals surface area contributed by atoms with Crippen molar-refractivity contribution in [2.75, 3.05) is 19.8 Å². The monoisotopic (exact) mass is 228 g/mol. The molecule has 0 aliphatic carbocycles. The van der Waals surface area contributed by atoms with Gasteiger partial charge in [-0.1, -0.05) is 29.8 Å². The summed E-state index contributed by atoms with van der Waals surface area (Å²) in [6.07, 6.45) is 0.800. The van der Waals surface area contributed by atoms with E-state index in [4.69, 9.17) is 16.3 Å². The largest absolute Gasteiger partial charge is 0.396 e. The minimum atomic E-state index is 0.0743. The number of halogens is 1. The number of aliphatic hydroxyl groups is 1. The van der Waals surface area contributed by atoms with Crippen LogP contribution in [0.25, 0.3) is 0 Å². The Bertz CT molecular complexity index is 289. The zero-order chi connectivity index (χ0) is 11.1. The smallest absolute Gasteiger partial charge is 0.0501 e. The molecule has 1 aromatic carbocycles. The van der Waals surface area contributed by atoms with Gasteiger partial charge in [0.2, 0.25) is 0 Å². The Morgan fingerprint density at radius 2 is 2.13 bits per heavy atom. The van der Waals surface area contributed by atoms with Crippen LogP contribution in [0.5, 0.6) is 0 Å². The minimum absolute atomic E-state index is 0.0743. The van der Waals surface area contributed by atoms with Gasteiger partial charge in [0.25, 0.3) is 0 Å². The number of hydrogen-bond acceptors (Lipinski definition) is 2. The molecule has 0 fully saturated rings. The highest BCUT2D eigenvalue weighted by Crippen LogP contribution is 2.26. The van der Waals surface area contributed by atoms with Crippen LogP contribution < -0.4 is 0 Å². The summed E-state index contributed by atoms with van der Waals surface area (Å²) in [7, 11) is 0. The standard InChI is InChI=1S/C12H17ClO2/c1-2-15-8-7-10(9-14)11-5-3-4-6-12(11)13/h3-6,10,14H,2,7-9H2,1H3. The summed E-state index contributed by atoms with van der Waals surface area (Å²) >= 11 is 6.06. The molecule has 1 aromatic rings. The van der Waals surface area contributed by atoms with E-state index >= 15 is 0 Å². The first-order valence-electron chi connectivity index (χ1n) is 5.22. The molecule has 0 aliphatic rings. The Balaban J connectivity index is 2.61. The lowest BCUT2D eigenvalue weighted by Gasteiger charge is -2.15. The van der Waals surface area contributed by atoms with Crippen LogP contribution in [0.15, 0.2) is 24.3 Å². The molecule has 0 heterocycles. The fourth-order valence-electron chi connectivity index (χ4n) is 1.52. The van der Waals surface area contributed by atoms with Gasteiger partial charge >= 0.3 is 0 Å². The molecular formula is C12H17ClO2. The minimum Gasteiger partial charge on any atom is -0.396 e. The van der Waals surface area contributed by atoms with Gasteiger partial charge in [0, 0.05) is 24.2 Å². The number of benzene rings is 1. The summed E-state index contributed by atoms with van der Waals surface area (Å²) in [6.45, 7) is 3.44. The second-order valence-electron chi connectivity index (χ2n) is 3.39. The van der Waals surface area contributed by atoms with Crippen molar-refractivity contribution >= 4 is 11.6 Å². The van der Waals surface area contributed by atoms with E-state index in [1.54, 1.807) is 0 Å². The maximum Gasteiger partial charge on any atom is 0.0501 e. The third-order valence-electron chi connectivity index (χ3n) is 2.38. The highest BCUT2D eigenvalue weighted by atomic mass is 35.5. The van der Waals surface area contributed by atoms with Crippen LogP contribution in [0.2, 0.25) is 5.02 Å². The first-order valence-corrected chi connectivity index (χ1v) is 5.60. The van der Waals surface area contributed by atoms with Gasteiger partial charge in [0.05, 0.1) is 6.61 Å². The first-order chi connectivity index (χ1) is 7.29. The molecule has 0 aliphatic heterocycles. The predicted octanol–water partition coefficient (Wildman–Crippen LogP) is 2.84. The Labute approximate surface area is 95.8 Å². The third-order valence-corrected chi connectivity index (χ3v) is 2.72. The van der Waals surface area contributed by atoms with Gasteiger partial charge < -0.3 is 9.84 Å². The summed E-state index contributed by atoms with van der Waals surface area (Å²) in [6, 6.07) is 7.63. The molecule has 0 bridgehead atoms. The van der Waals surface area contributed by atoms with Gasteiger partial charge in [0.1, 0.15) is 0 Å². The zero-order valence-electron chi connectivity index (χ0n) is 8.95. The fraction of sp³-hybridized carbons (Fsp3) is 0.500. The van der Waals surface area contributed by atoms with Crippen molar-refractivity contribution in [2.45, 2.75) is 19.3 Å². The predicted molar refractivity (Wildman–Crippen MR) is 62.4 cm³/mol. The van der Waals surface area contributed by atoms with E-state index in [0.717, 1.165) is 12.0 Å². The van der Waals surface area contributed by atoms with Gasteiger partial charge in [0.15, 0.2) is 0 Å². The van der Waals surface area contributed by atoms with Crippen molar-refractivity contribution in [1.29, 1.82) is 0 Å². The van der Waals surface area contributed by atoms with Crippen LogP contribution in [-0.2, 0) is 4.74 Å². The molecule has 0 saturated heterocycles. The van der Waals surface area contributed by atoms with Crippen molar-refractivity contribution in [3.63, 3.8) is 0 Å². The molecule has 1 unspecified atom stereocenters. The van der Waals surface area contributed by atoms with E-state index in [1.165, 1.54) is 0 Å². The van der Waals surface area contributed by atoms with Gasteiger partial charge in [-0.05, 0) is 25.0 Å². The van der Waals surface area contributed by atoms with Gasteiger partial charge in [-0.3, -0.25) is 0 Å². The van der Waals surface area contributed by atoms with E-state index in [0.29, 0.717) is 18.2 Å². The zero-order valence-corrected chi connectivity index (χ0v) is 9.70. The van der Waals surface area contributed by atoms with E-state index in [1.807, 2.05) is 31.2 Å². The average Bonchev–Trinajstić information content (AvgIpc) is 2.26. The quantitative estimate of drug-likeness (QED) is 0.759. The summed E-state index contributed by atoms with van der Waals surface area (Å²) in [5.41, 5.74) is 1.00. The van der Waals surface area contributed by atoms with Crippen molar-refractivity contribution in [2.24, 2.45) is 0 Å². The van der Waals surface area contributed by atoms with Gasteiger partial charge in [-0.25, -0.2) is 0 Å². The molecule has 1 N–H and O–H groups in total. The molecule has 0 spiro atoms. The molecule has 0 radical (unpaired) electrons. The molecule has 0 amide bonds. The number of aliphatic hydroxyl groups excluding tert-OH is 1. The molecule has 1 rings (SSSR count). The normalized spacial score (nSPS) is 12.7. The van der Waals surface area contributed by atoms with Crippen molar-refractivity contribution in [3.05, 3.63) is 34.9 Å². The molecular weight excluding hydrogens is 212 g/mol. The van der Waals surface area contributed by atoms with E-state index in [2.05, 4.69) is 0 Å². The van der Waals surface area contributed by atoms with Crippen LogP contribution in [0.1, 0.15) is 24.8 Å².